The van der Waals surface area contributed by atoms with Gasteiger partial charge >= 0.3 is 6.03 Å². The molecule has 1 aromatic rings. The summed E-state index contributed by atoms with van der Waals surface area (Å²) in [5, 5.41) is 10.6. The zero-order valence-electron chi connectivity index (χ0n) is 28.6. The number of likely N-dealkylation sites (tertiary alicyclic amines) is 1. The van der Waals surface area contributed by atoms with Gasteiger partial charge in [0.25, 0.3) is 5.91 Å². The molecule has 0 bridgehead atoms. The minimum absolute atomic E-state index is 0.120. The highest BCUT2D eigenvalue weighted by Gasteiger charge is 2.43. The minimum atomic E-state index is -1.03. The van der Waals surface area contributed by atoms with Crippen molar-refractivity contribution >= 4 is 47.1 Å². The van der Waals surface area contributed by atoms with Crippen LogP contribution in [0, 0.1) is 11.3 Å². The van der Waals surface area contributed by atoms with Crippen molar-refractivity contribution in [1.29, 1.82) is 0 Å². The van der Waals surface area contributed by atoms with Gasteiger partial charge in [-0.2, -0.15) is 11.8 Å². The second-order valence-corrected chi connectivity index (χ2v) is 13.5. The van der Waals surface area contributed by atoms with Crippen molar-refractivity contribution < 1.29 is 28.8 Å². The molecule has 2 rings (SSSR count). The first-order valence-corrected chi connectivity index (χ1v) is 17.4. The lowest BCUT2D eigenvalue weighted by Gasteiger charge is -2.36. The lowest BCUT2D eigenvalue weighted by Crippen LogP contribution is -2.61. The van der Waals surface area contributed by atoms with Crippen LogP contribution in [0.25, 0.3) is 0 Å². The van der Waals surface area contributed by atoms with Gasteiger partial charge in [0, 0.05) is 18.7 Å². The fourth-order valence-electron chi connectivity index (χ4n) is 4.98. The number of carbonyl (C=O) groups excluding carboxylic acids is 6. The molecule has 0 aliphatic carbocycles. The summed E-state index contributed by atoms with van der Waals surface area (Å²) in [6.07, 6.45) is 7.27. The van der Waals surface area contributed by atoms with Crippen LogP contribution in [-0.2, 0) is 19.2 Å². The molecule has 4 N–H and O–H groups in total. The molecule has 0 spiro atoms. The van der Waals surface area contributed by atoms with Crippen molar-refractivity contribution in [2.75, 3.05) is 25.6 Å². The van der Waals surface area contributed by atoms with Crippen LogP contribution < -0.4 is 21.3 Å². The van der Waals surface area contributed by atoms with Crippen LogP contribution in [0.3, 0.4) is 0 Å². The maximum atomic E-state index is 13.9. The minimum Gasteiger partial charge on any atom is -0.346 e. The first-order chi connectivity index (χ1) is 21.6. The molecule has 1 aliphatic rings. The molecule has 0 radical (unpaired) electrons. The number of carbonyl (C=O) groups is 6. The molecule has 5 amide bonds. The third-order valence-electron chi connectivity index (χ3n) is 7.36. The SMILES string of the molecule is C=CCNC(=O)C(=O)C(CCC)NC(=O)C1CCCN1C(=O)C(NC(=O)NC(C(=O)c1ccccc1)C(C)C)C(C)(C)C.CSC. The number of benzene rings is 1. The van der Waals surface area contributed by atoms with Crippen LogP contribution in [0.1, 0.15) is 77.6 Å². The number of rotatable bonds is 14. The predicted octanol–water partition coefficient (Wildman–Crippen LogP) is 3.73. The summed E-state index contributed by atoms with van der Waals surface area (Å²) >= 11 is 1.75. The van der Waals surface area contributed by atoms with Crippen molar-refractivity contribution in [2.45, 2.75) is 91.4 Å². The Morgan fingerprint density at radius 2 is 1.63 bits per heavy atom. The summed E-state index contributed by atoms with van der Waals surface area (Å²) in [7, 11) is 0. The van der Waals surface area contributed by atoms with Gasteiger partial charge in [0.2, 0.25) is 17.6 Å². The Morgan fingerprint density at radius 3 is 2.15 bits per heavy atom. The van der Waals surface area contributed by atoms with E-state index in [1.54, 1.807) is 62.9 Å². The number of nitrogens with zero attached hydrogens (tertiary/aromatic N) is 1. The molecule has 4 unspecified atom stereocenters. The number of amides is 5. The van der Waals surface area contributed by atoms with Crippen molar-refractivity contribution in [2.24, 2.45) is 11.3 Å². The topological polar surface area (TPSA) is 154 Å². The highest BCUT2D eigenvalue weighted by molar-refractivity contribution is 7.97. The summed E-state index contributed by atoms with van der Waals surface area (Å²) in [6.45, 7) is 14.8. The Morgan fingerprint density at radius 1 is 1.02 bits per heavy atom. The number of nitrogens with one attached hydrogen (secondary N) is 4. The quantitative estimate of drug-likeness (QED) is 0.135. The maximum absolute atomic E-state index is 13.9. The van der Waals surface area contributed by atoms with E-state index in [9.17, 15) is 28.8 Å². The van der Waals surface area contributed by atoms with Gasteiger partial charge in [0.15, 0.2) is 5.78 Å². The average Bonchev–Trinajstić information content (AvgIpc) is 3.50. The van der Waals surface area contributed by atoms with Gasteiger partial charge < -0.3 is 26.2 Å². The van der Waals surface area contributed by atoms with E-state index in [4.69, 9.17) is 0 Å². The molecule has 1 heterocycles. The molecule has 1 fully saturated rings. The summed E-state index contributed by atoms with van der Waals surface area (Å²) in [5.74, 6) is -3.01. The van der Waals surface area contributed by atoms with Gasteiger partial charge in [-0.15, -0.1) is 6.58 Å². The number of Topliss-reactive ketones (excluding diaryl/α,β-unsaturated/α-hetero) is 2. The van der Waals surface area contributed by atoms with E-state index in [0.29, 0.717) is 31.4 Å². The highest BCUT2D eigenvalue weighted by Crippen LogP contribution is 2.26. The predicted molar refractivity (Wildman–Crippen MR) is 184 cm³/mol. The maximum Gasteiger partial charge on any atom is 0.316 e. The van der Waals surface area contributed by atoms with Crippen molar-refractivity contribution in [1.82, 2.24) is 26.2 Å². The molecule has 1 saturated heterocycles. The molecule has 46 heavy (non-hydrogen) atoms. The Labute approximate surface area is 278 Å². The van der Waals surface area contributed by atoms with E-state index in [-0.39, 0.29) is 24.7 Å². The standard InChI is InChI=1S/C32H47N5O6.C2H6S/c1-8-14-22(26(39)29(41)33-18-9-2)34-28(40)23-17-13-19-37(23)30(42)27(32(5,6)7)36-31(43)35-24(20(3)4)25(38)21-15-11-10-12-16-21;1-3-2/h9-12,15-16,20,22-24,27H,2,8,13-14,17-19H2,1,3-7H3,(H,33,41)(H,34,40)(H2,35,36,43);1-2H3. The fraction of sp³-hybridized carbons (Fsp3) is 0.588. The lowest BCUT2D eigenvalue weighted by molar-refractivity contribution is -0.143. The fourth-order valence-corrected chi connectivity index (χ4v) is 4.98. The van der Waals surface area contributed by atoms with E-state index >= 15 is 0 Å². The summed E-state index contributed by atoms with van der Waals surface area (Å²) in [6, 6.07) is 4.27. The number of hydrogen-bond acceptors (Lipinski definition) is 7. The van der Waals surface area contributed by atoms with E-state index in [1.807, 2.05) is 33.3 Å². The Balaban J connectivity index is 0.00000338. The zero-order chi connectivity index (χ0) is 35.0. The Bertz CT molecular complexity index is 1200. The first kappa shape index (κ1) is 40.4. The van der Waals surface area contributed by atoms with Gasteiger partial charge in [0.1, 0.15) is 12.1 Å². The van der Waals surface area contributed by atoms with Crippen LogP contribution >= 0.6 is 11.8 Å². The van der Waals surface area contributed by atoms with E-state index in [1.165, 1.54) is 11.0 Å². The Kier molecular flexibility index (Phi) is 17.3. The molecular weight excluding hydrogens is 606 g/mol. The second kappa shape index (κ2) is 19.8. The van der Waals surface area contributed by atoms with Crippen LogP contribution in [-0.4, -0.2) is 90.0 Å². The number of urea groups is 1. The number of hydrogen-bond donors (Lipinski definition) is 4. The van der Waals surface area contributed by atoms with Crippen molar-refractivity contribution in [3.05, 3.63) is 48.6 Å². The van der Waals surface area contributed by atoms with Crippen LogP contribution in [0.4, 0.5) is 4.79 Å². The normalized spacial score (nSPS) is 16.2. The van der Waals surface area contributed by atoms with E-state index in [2.05, 4.69) is 27.8 Å². The molecule has 4 atom stereocenters. The van der Waals surface area contributed by atoms with Crippen molar-refractivity contribution in [3.63, 3.8) is 0 Å². The van der Waals surface area contributed by atoms with Gasteiger partial charge in [-0.3, -0.25) is 24.0 Å². The molecule has 1 aliphatic heterocycles. The summed E-state index contributed by atoms with van der Waals surface area (Å²) in [5.41, 5.74) is -0.271. The molecule has 1 aromatic carbocycles. The average molecular weight is 660 g/mol. The smallest absolute Gasteiger partial charge is 0.316 e. The summed E-state index contributed by atoms with van der Waals surface area (Å²) < 4.78 is 0. The van der Waals surface area contributed by atoms with Gasteiger partial charge in [0.05, 0.1) is 12.1 Å². The van der Waals surface area contributed by atoms with Crippen molar-refractivity contribution in [3.8, 4) is 0 Å². The largest absolute Gasteiger partial charge is 0.346 e. The third-order valence-corrected chi connectivity index (χ3v) is 7.36. The van der Waals surface area contributed by atoms with Gasteiger partial charge in [-0.25, -0.2) is 4.79 Å². The number of thioether (sulfide) groups is 1. The molecule has 256 valence electrons. The molecule has 11 nitrogen and oxygen atoms in total. The molecule has 0 aromatic heterocycles. The molecular formula is C34H53N5O6S. The monoisotopic (exact) mass is 659 g/mol. The van der Waals surface area contributed by atoms with Crippen LogP contribution in [0.5, 0.6) is 0 Å². The van der Waals surface area contributed by atoms with Crippen LogP contribution in [0.2, 0.25) is 0 Å². The Hall–Kier alpha value is -3.67. The molecule has 12 heteroatoms. The highest BCUT2D eigenvalue weighted by atomic mass is 32.2. The molecule has 0 saturated carbocycles. The third kappa shape index (κ3) is 12.3. The number of ketones is 2. The lowest BCUT2D eigenvalue weighted by atomic mass is 9.85. The zero-order valence-corrected chi connectivity index (χ0v) is 29.4. The van der Waals surface area contributed by atoms with Gasteiger partial charge in [-0.05, 0) is 43.1 Å². The van der Waals surface area contributed by atoms with Crippen LogP contribution in [0.15, 0.2) is 43.0 Å². The van der Waals surface area contributed by atoms with E-state index in [0.717, 1.165) is 0 Å². The van der Waals surface area contributed by atoms with Gasteiger partial charge in [-0.1, -0.05) is 84.4 Å². The summed E-state index contributed by atoms with van der Waals surface area (Å²) in [4.78, 5) is 80.0. The second-order valence-electron chi connectivity index (χ2n) is 12.7. The van der Waals surface area contributed by atoms with E-state index < -0.39 is 59.1 Å². The first-order valence-electron chi connectivity index (χ1n) is 15.7.